The normalized spacial score (nSPS) is 27.7. The van der Waals surface area contributed by atoms with Gasteiger partial charge in [0, 0.05) is 11.2 Å². The minimum atomic E-state index is -0.123. The molecule has 19 heavy (non-hydrogen) atoms. The van der Waals surface area contributed by atoms with E-state index in [1.165, 1.54) is 11.3 Å². The molecule has 4 heteroatoms. The predicted octanol–water partition coefficient (Wildman–Crippen LogP) is 2.13. The summed E-state index contributed by atoms with van der Waals surface area (Å²) in [7, 11) is 1.96. The van der Waals surface area contributed by atoms with Gasteiger partial charge in [-0.1, -0.05) is 6.92 Å². The van der Waals surface area contributed by atoms with Gasteiger partial charge in [0.05, 0.1) is 18.3 Å². The van der Waals surface area contributed by atoms with Crippen LogP contribution in [0.2, 0.25) is 0 Å². The van der Waals surface area contributed by atoms with Gasteiger partial charge in [0.25, 0.3) is 0 Å². The van der Waals surface area contributed by atoms with Gasteiger partial charge in [-0.25, -0.2) is 0 Å². The number of hydrogen-bond donors (Lipinski definition) is 2. The number of hydrogen-bond acceptors (Lipinski definition) is 3. The Hall–Kier alpha value is -0.870. The number of aliphatic hydroxyl groups excluding tert-OH is 1. The van der Waals surface area contributed by atoms with Gasteiger partial charge in [0.15, 0.2) is 0 Å². The fraction of sp³-hybridized carbons (Fsp3) is 0.800. The van der Waals surface area contributed by atoms with Gasteiger partial charge in [-0.3, -0.25) is 4.68 Å². The lowest BCUT2D eigenvalue weighted by atomic mass is 9.79. The van der Waals surface area contributed by atoms with Crippen molar-refractivity contribution in [3.63, 3.8) is 0 Å². The highest BCUT2D eigenvalue weighted by Gasteiger charge is 2.36. The molecule has 0 aromatic carbocycles. The molecule has 1 aromatic rings. The molecule has 2 unspecified atom stereocenters. The molecule has 2 N–H and O–H groups in total. The maximum Gasteiger partial charge on any atom is 0.0628 e. The molecule has 0 spiro atoms. The maximum absolute atomic E-state index is 9.69. The van der Waals surface area contributed by atoms with E-state index < -0.39 is 0 Å². The monoisotopic (exact) mass is 265 g/mol. The number of aliphatic hydroxyl groups is 1. The third kappa shape index (κ3) is 2.56. The van der Waals surface area contributed by atoms with E-state index in [2.05, 4.69) is 30.8 Å². The number of rotatable bonds is 4. The van der Waals surface area contributed by atoms with Crippen molar-refractivity contribution in [1.29, 1.82) is 0 Å². The molecule has 0 aliphatic heterocycles. The summed E-state index contributed by atoms with van der Waals surface area (Å²) < 4.78 is 2.20. The Labute approximate surface area is 116 Å². The molecule has 0 radical (unpaired) electrons. The lowest BCUT2D eigenvalue weighted by Gasteiger charge is -2.40. The lowest BCUT2D eigenvalue weighted by molar-refractivity contribution is 0.101. The van der Waals surface area contributed by atoms with Crippen LogP contribution in [0.3, 0.4) is 0 Å². The van der Waals surface area contributed by atoms with Crippen molar-refractivity contribution < 1.29 is 5.11 Å². The summed E-state index contributed by atoms with van der Waals surface area (Å²) in [6, 6.07) is 0.410. The fourth-order valence-corrected chi connectivity index (χ4v) is 3.55. The Balaban J connectivity index is 2.27. The van der Waals surface area contributed by atoms with Crippen molar-refractivity contribution in [2.24, 2.45) is 0 Å². The number of nitrogens with zero attached hydrogens (tertiary/aromatic N) is 2. The molecule has 1 heterocycles. The Kier molecular flexibility index (Phi) is 4.31. The van der Waals surface area contributed by atoms with Crippen LogP contribution in [0, 0.1) is 13.8 Å². The molecule has 1 aliphatic carbocycles. The summed E-state index contributed by atoms with van der Waals surface area (Å²) in [6.07, 6.45) is 5.36. The van der Waals surface area contributed by atoms with E-state index in [4.69, 9.17) is 5.10 Å². The van der Waals surface area contributed by atoms with Gasteiger partial charge >= 0.3 is 0 Å². The number of nitrogens with one attached hydrogen (secondary N) is 1. The maximum atomic E-state index is 9.69. The van der Waals surface area contributed by atoms with Gasteiger partial charge in [-0.05, 0) is 58.6 Å². The Morgan fingerprint density at radius 1 is 1.47 bits per heavy atom. The Bertz CT molecular complexity index is 435. The molecule has 1 fully saturated rings. The summed E-state index contributed by atoms with van der Waals surface area (Å²) in [5.74, 6) is 0. The minimum Gasteiger partial charge on any atom is -0.394 e. The molecule has 4 nitrogen and oxygen atoms in total. The Morgan fingerprint density at radius 2 is 2.21 bits per heavy atom. The van der Waals surface area contributed by atoms with Gasteiger partial charge < -0.3 is 10.4 Å². The van der Waals surface area contributed by atoms with Crippen LogP contribution in [0.15, 0.2) is 0 Å². The van der Waals surface area contributed by atoms with E-state index in [1.807, 2.05) is 7.05 Å². The molecule has 0 amide bonds. The van der Waals surface area contributed by atoms with Gasteiger partial charge in [0.2, 0.25) is 0 Å². The van der Waals surface area contributed by atoms with Gasteiger partial charge in [-0.2, -0.15) is 5.10 Å². The van der Waals surface area contributed by atoms with Crippen LogP contribution in [0.5, 0.6) is 0 Å². The van der Waals surface area contributed by atoms with Crippen molar-refractivity contribution in [2.45, 2.75) is 64.5 Å². The van der Waals surface area contributed by atoms with Crippen molar-refractivity contribution in [3.8, 4) is 0 Å². The molecule has 0 bridgehead atoms. The molecular weight excluding hydrogens is 238 g/mol. The van der Waals surface area contributed by atoms with Crippen LogP contribution in [0.25, 0.3) is 0 Å². The predicted molar refractivity (Wildman–Crippen MR) is 77.5 cm³/mol. The zero-order valence-corrected chi connectivity index (χ0v) is 12.7. The average Bonchev–Trinajstić information content (AvgIpc) is 2.73. The average molecular weight is 265 g/mol. The first-order valence-electron chi connectivity index (χ1n) is 7.41. The van der Waals surface area contributed by atoms with E-state index in [0.717, 1.165) is 37.8 Å². The molecule has 0 saturated heterocycles. The number of aryl methyl sites for hydroxylation is 1. The van der Waals surface area contributed by atoms with E-state index in [-0.39, 0.29) is 12.1 Å². The SMILES string of the molecule is CCc1c(C)nn(C2CCCC(CO)(NC)C2)c1C. The quantitative estimate of drug-likeness (QED) is 0.877. The lowest BCUT2D eigenvalue weighted by Crippen LogP contribution is -2.50. The van der Waals surface area contributed by atoms with E-state index in [0.29, 0.717) is 6.04 Å². The standard InChI is InChI=1S/C15H27N3O/c1-5-14-11(2)17-18(12(14)3)13-7-6-8-15(9-13,10-19)16-4/h13,16,19H,5-10H2,1-4H3. The molecule has 2 atom stereocenters. The van der Waals surface area contributed by atoms with E-state index in [9.17, 15) is 5.11 Å². The van der Waals surface area contributed by atoms with Crippen LogP contribution >= 0.6 is 0 Å². The zero-order valence-electron chi connectivity index (χ0n) is 12.7. The second-order valence-corrected chi connectivity index (χ2v) is 5.89. The number of aromatic nitrogens is 2. The molecule has 108 valence electrons. The largest absolute Gasteiger partial charge is 0.394 e. The van der Waals surface area contributed by atoms with E-state index in [1.54, 1.807) is 0 Å². The minimum absolute atomic E-state index is 0.123. The highest BCUT2D eigenvalue weighted by Crippen LogP contribution is 2.36. The van der Waals surface area contributed by atoms with Crippen LogP contribution < -0.4 is 5.32 Å². The summed E-state index contributed by atoms with van der Waals surface area (Å²) in [6.45, 7) is 6.67. The van der Waals surface area contributed by atoms with Crippen molar-refractivity contribution in [1.82, 2.24) is 15.1 Å². The third-order valence-electron chi connectivity index (χ3n) is 4.83. The second-order valence-electron chi connectivity index (χ2n) is 5.89. The van der Waals surface area contributed by atoms with Crippen LogP contribution in [-0.4, -0.2) is 34.1 Å². The topological polar surface area (TPSA) is 50.1 Å². The molecular formula is C15H27N3O. The van der Waals surface area contributed by atoms with Crippen molar-refractivity contribution >= 4 is 0 Å². The summed E-state index contributed by atoms with van der Waals surface area (Å²) in [4.78, 5) is 0. The summed E-state index contributed by atoms with van der Waals surface area (Å²) >= 11 is 0. The zero-order chi connectivity index (χ0) is 14.0. The summed E-state index contributed by atoms with van der Waals surface area (Å²) in [5, 5.41) is 17.8. The van der Waals surface area contributed by atoms with Gasteiger partial charge in [0.1, 0.15) is 0 Å². The highest BCUT2D eigenvalue weighted by molar-refractivity contribution is 5.25. The first-order chi connectivity index (χ1) is 9.06. The first-order valence-corrected chi connectivity index (χ1v) is 7.41. The molecule has 1 aromatic heterocycles. The smallest absolute Gasteiger partial charge is 0.0628 e. The Morgan fingerprint density at radius 3 is 2.74 bits per heavy atom. The van der Waals surface area contributed by atoms with Crippen LogP contribution in [0.1, 0.15) is 55.6 Å². The fourth-order valence-electron chi connectivity index (χ4n) is 3.55. The van der Waals surface area contributed by atoms with E-state index >= 15 is 0 Å². The number of likely N-dealkylation sites (N-methyl/N-ethyl adjacent to an activating group) is 1. The van der Waals surface area contributed by atoms with Gasteiger partial charge in [-0.15, -0.1) is 0 Å². The van der Waals surface area contributed by atoms with Crippen molar-refractivity contribution in [2.75, 3.05) is 13.7 Å². The van der Waals surface area contributed by atoms with Crippen LogP contribution in [-0.2, 0) is 6.42 Å². The first kappa shape index (κ1) is 14.5. The molecule has 1 aliphatic rings. The third-order valence-corrected chi connectivity index (χ3v) is 4.83. The van der Waals surface area contributed by atoms with Crippen molar-refractivity contribution in [3.05, 3.63) is 17.0 Å². The molecule has 1 saturated carbocycles. The second kappa shape index (κ2) is 5.63. The molecule has 2 rings (SSSR count). The van der Waals surface area contributed by atoms with Crippen LogP contribution in [0.4, 0.5) is 0 Å². The highest BCUT2D eigenvalue weighted by atomic mass is 16.3. The summed E-state index contributed by atoms with van der Waals surface area (Å²) in [5.41, 5.74) is 3.71.